The summed E-state index contributed by atoms with van der Waals surface area (Å²) >= 11 is 0. The SMILES string of the molecule is CC(c1ccc(-n2cncn2)cc1)N(C)Cc1ccc2c(c1)CCCO2.O=C(O)C(F)(F)F. The first-order valence-electron chi connectivity index (χ1n) is 10.3. The van der Waals surface area contributed by atoms with E-state index in [4.69, 9.17) is 14.6 Å². The Kier molecular flexibility index (Phi) is 7.70. The number of benzene rings is 2. The molecule has 0 saturated carbocycles. The molecule has 3 aromatic rings. The number of hydrogen-bond donors (Lipinski definition) is 1. The number of halogens is 3. The Balaban J connectivity index is 0.000000383. The summed E-state index contributed by atoms with van der Waals surface area (Å²) in [6.07, 6.45) is 0.408. The second-order valence-corrected chi connectivity index (χ2v) is 7.72. The highest BCUT2D eigenvalue weighted by atomic mass is 19.4. The van der Waals surface area contributed by atoms with E-state index in [1.165, 1.54) is 16.7 Å². The van der Waals surface area contributed by atoms with E-state index in [1.807, 2.05) is 0 Å². The number of ether oxygens (including phenoxy) is 1. The quantitative estimate of drug-likeness (QED) is 0.605. The Labute approximate surface area is 189 Å². The lowest BCUT2D eigenvalue weighted by Gasteiger charge is -2.26. The van der Waals surface area contributed by atoms with Crippen LogP contribution in [0.5, 0.6) is 5.75 Å². The van der Waals surface area contributed by atoms with Gasteiger partial charge in [-0.15, -0.1) is 0 Å². The number of fused-ring (bicyclic) bond motifs is 1. The lowest BCUT2D eigenvalue weighted by atomic mass is 10.0. The van der Waals surface area contributed by atoms with Crippen LogP contribution in [0.25, 0.3) is 5.69 Å². The maximum absolute atomic E-state index is 10.6. The van der Waals surface area contributed by atoms with E-state index in [9.17, 15) is 13.2 Å². The summed E-state index contributed by atoms with van der Waals surface area (Å²) in [5, 5.41) is 11.3. The first-order valence-corrected chi connectivity index (χ1v) is 10.3. The molecule has 1 N–H and O–H groups in total. The van der Waals surface area contributed by atoms with Gasteiger partial charge < -0.3 is 9.84 Å². The van der Waals surface area contributed by atoms with Gasteiger partial charge in [0.15, 0.2) is 0 Å². The molecule has 0 saturated heterocycles. The summed E-state index contributed by atoms with van der Waals surface area (Å²) < 4.78 is 39.2. The maximum atomic E-state index is 10.6. The van der Waals surface area contributed by atoms with E-state index in [1.54, 1.807) is 17.3 Å². The van der Waals surface area contributed by atoms with Gasteiger partial charge in [0, 0.05) is 12.6 Å². The molecule has 33 heavy (non-hydrogen) atoms. The monoisotopic (exact) mass is 462 g/mol. The summed E-state index contributed by atoms with van der Waals surface area (Å²) in [5.41, 5.74) is 4.99. The molecule has 0 radical (unpaired) electrons. The largest absolute Gasteiger partial charge is 0.493 e. The minimum atomic E-state index is -5.08. The van der Waals surface area contributed by atoms with Crippen molar-refractivity contribution in [3.63, 3.8) is 0 Å². The van der Waals surface area contributed by atoms with Crippen molar-refractivity contribution in [2.75, 3.05) is 13.7 Å². The molecule has 1 aliphatic heterocycles. The summed E-state index contributed by atoms with van der Waals surface area (Å²) in [7, 11) is 2.17. The van der Waals surface area contributed by atoms with Crippen LogP contribution in [0, 0.1) is 0 Å². The molecule has 0 bridgehead atoms. The van der Waals surface area contributed by atoms with Crippen molar-refractivity contribution in [2.24, 2.45) is 0 Å². The average molecular weight is 462 g/mol. The average Bonchev–Trinajstić information content (AvgIpc) is 3.33. The van der Waals surface area contributed by atoms with Crippen molar-refractivity contribution >= 4 is 5.97 Å². The van der Waals surface area contributed by atoms with Gasteiger partial charge in [0.05, 0.1) is 12.3 Å². The van der Waals surface area contributed by atoms with Gasteiger partial charge in [-0.1, -0.05) is 24.3 Å². The molecule has 176 valence electrons. The fourth-order valence-corrected chi connectivity index (χ4v) is 3.44. The third-order valence-electron chi connectivity index (χ3n) is 5.37. The molecule has 0 amide bonds. The zero-order chi connectivity index (χ0) is 24.0. The van der Waals surface area contributed by atoms with Crippen LogP contribution in [0.3, 0.4) is 0 Å². The van der Waals surface area contributed by atoms with Gasteiger partial charge >= 0.3 is 12.1 Å². The lowest BCUT2D eigenvalue weighted by Crippen LogP contribution is -2.22. The van der Waals surface area contributed by atoms with Crippen LogP contribution in [-0.2, 0) is 17.8 Å². The Bertz CT molecular complexity index is 1050. The fraction of sp³-hybridized carbons (Fsp3) is 0.348. The molecule has 0 spiro atoms. The molecule has 10 heteroatoms. The third-order valence-corrected chi connectivity index (χ3v) is 5.37. The molecule has 7 nitrogen and oxygen atoms in total. The molecule has 4 rings (SSSR count). The van der Waals surface area contributed by atoms with E-state index in [0.29, 0.717) is 6.04 Å². The highest BCUT2D eigenvalue weighted by molar-refractivity contribution is 5.73. The van der Waals surface area contributed by atoms with Crippen LogP contribution in [0.2, 0.25) is 0 Å². The summed E-state index contributed by atoms with van der Waals surface area (Å²) in [4.78, 5) is 15.3. The highest BCUT2D eigenvalue weighted by Gasteiger charge is 2.38. The standard InChI is InChI=1S/C21H24N4O.C2HF3O2/c1-16(18-6-8-20(9-7-18)25-15-22-14-23-25)24(2)13-17-5-10-21-19(12-17)4-3-11-26-21;3-2(4,5)1(6)7/h5-10,12,14-16H,3-4,11,13H2,1-2H3;(H,6,7). The van der Waals surface area contributed by atoms with E-state index >= 15 is 0 Å². The van der Waals surface area contributed by atoms with Crippen molar-refractivity contribution in [3.05, 3.63) is 71.8 Å². The fourth-order valence-electron chi connectivity index (χ4n) is 3.44. The van der Waals surface area contributed by atoms with E-state index in [0.717, 1.165) is 37.4 Å². The normalized spacial score (nSPS) is 14.0. The second kappa shape index (κ2) is 10.5. The number of aryl methyl sites for hydroxylation is 1. The van der Waals surface area contributed by atoms with Gasteiger partial charge in [-0.2, -0.15) is 18.3 Å². The molecule has 1 atom stereocenters. The van der Waals surface area contributed by atoms with Gasteiger partial charge in [0.2, 0.25) is 0 Å². The number of carbonyl (C=O) groups is 1. The number of aromatic nitrogens is 3. The van der Waals surface area contributed by atoms with Crippen molar-refractivity contribution in [1.82, 2.24) is 19.7 Å². The van der Waals surface area contributed by atoms with Crippen LogP contribution in [-0.4, -0.2) is 50.6 Å². The predicted octanol–water partition coefficient (Wildman–Crippen LogP) is 4.42. The van der Waals surface area contributed by atoms with Crippen LogP contribution >= 0.6 is 0 Å². The van der Waals surface area contributed by atoms with Crippen LogP contribution < -0.4 is 4.74 Å². The molecule has 0 fully saturated rings. The Morgan fingerprint density at radius 3 is 2.55 bits per heavy atom. The first kappa shape index (κ1) is 24.2. The highest BCUT2D eigenvalue weighted by Crippen LogP contribution is 2.27. The zero-order valence-electron chi connectivity index (χ0n) is 18.3. The van der Waals surface area contributed by atoms with Gasteiger partial charge in [-0.25, -0.2) is 14.5 Å². The van der Waals surface area contributed by atoms with Gasteiger partial charge in [0.25, 0.3) is 0 Å². The van der Waals surface area contributed by atoms with E-state index in [2.05, 4.69) is 71.4 Å². The lowest BCUT2D eigenvalue weighted by molar-refractivity contribution is -0.192. The second-order valence-electron chi connectivity index (χ2n) is 7.72. The van der Waals surface area contributed by atoms with Gasteiger partial charge in [0.1, 0.15) is 18.4 Å². The van der Waals surface area contributed by atoms with Crippen molar-refractivity contribution < 1.29 is 27.8 Å². The number of carboxylic acid groups (broad SMARTS) is 1. The molecule has 1 aliphatic rings. The van der Waals surface area contributed by atoms with Crippen LogP contribution in [0.4, 0.5) is 13.2 Å². The molecule has 2 aromatic carbocycles. The van der Waals surface area contributed by atoms with Crippen molar-refractivity contribution in [3.8, 4) is 11.4 Å². The Hall–Kier alpha value is -3.40. The van der Waals surface area contributed by atoms with Gasteiger partial charge in [-0.05, 0) is 61.7 Å². The number of nitrogens with zero attached hydrogens (tertiary/aromatic N) is 4. The third kappa shape index (κ3) is 6.55. The number of hydrogen-bond acceptors (Lipinski definition) is 5. The molecule has 1 aromatic heterocycles. The smallest absolute Gasteiger partial charge is 0.490 e. The Morgan fingerprint density at radius 1 is 1.24 bits per heavy atom. The summed E-state index contributed by atoms with van der Waals surface area (Å²) in [5.74, 6) is -1.70. The number of rotatable bonds is 5. The van der Waals surface area contributed by atoms with E-state index < -0.39 is 12.1 Å². The Morgan fingerprint density at radius 2 is 1.94 bits per heavy atom. The van der Waals surface area contributed by atoms with Crippen LogP contribution in [0.1, 0.15) is 36.1 Å². The topological polar surface area (TPSA) is 80.5 Å². The van der Waals surface area contributed by atoms with Crippen LogP contribution in [0.15, 0.2) is 55.1 Å². The molecule has 0 aliphatic carbocycles. The van der Waals surface area contributed by atoms with Gasteiger partial charge in [-0.3, -0.25) is 4.90 Å². The summed E-state index contributed by atoms with van der Waals surface area (Å²) in [6, 6.07) is 15.4. The van der Waals surface area contributed by atoms with Crippen molar-refractivity contribution in [1.29, 1.82) is 0 Å². The van der Waals surface area contributed by atoms with E-state index in [-0.39, 0.29) is 0 Å². The molecule has 2 heterocycles. The minimum absolute atomic E-state index is 0.326. The predicted molar refractivity (Wildman–Crippen MR) is 115 cm³/mol. The first-order chi connectivity index (χ1) is 15.6. The minimum Gasteiger partial charge on any atom is -0.493 e. The molecule has 1 unspecified atom stereocenters. The number of alkyl halides is 3. The number of aliphatic carboxylic acids is 1. The van der Waals surface area contributed by atoms with Crippen molar-refractivity contribution in [2.45, 2.75) is 38.5 Å². The number of carboxylic acids is 1. The zero-order valence-corrected chi connectivity index (χ0v) is 18.3. The summed E-state index contributed by atoms with van der Waals surface area (Å²) in [6.45, 7) is 4.00. The maximum Gasteiger partial charge on any atom is 0.490 e. The molecular weight excluding hydrogens is 437 g/mol. The molecular formula is C23H25F3N4O3.